The Morgan fingerprint density at radius 1 is 0.373 bits per heavy atom. The maximum atomic E-state index is 2.52. The summed E-state index contributed by atoms with van der Waals surface area (Å²) in [4.78, 5) is 0. The van der Waals surface area contributed by atoms with Crippen molar-refractivity contribution in [1.82, 2.24) is 0 Å². The molecule has 0 atom stereocenters. The lowest BCUT2D eigenvalue weighted by Gasteiger charge is -2.28. The highest BCUT2D eigenvalue weighted by Crippen LogP contribution is 2.59. The summed E-state index contributed by atoms with van der Waals surface area (Å²) in [5.74, 6) is 0. The zero-order valence-electron chi connectivity index (χ0n) is 29.6. The van der Waals surface area contributed by atoms with Gasteiger partial charge in [0.15, 0.2) is 0 Å². The average molecular weight is 651 g/mol. The number of benzene rings is 8. The molecule has 0 unspecified atom stereocenters. The highest BCUT2D eigenvalue weighted by molar-refractivity contribution is 6.23. The van der Waals surface area contributed by atoms with Crippen molar-refractivity contribution in [2.24, 2.45) is 0 Å². The Balaban J connectivity index is 1.26. The van der Waals surface area contributed by atoms with E-state index < -0.39 is 0 Å². The zero-order valence-corrected chi connectivity index (χ0v) is 29.6. The van der Waals surface area contributed by atoms with Crippen LogP contribution in [0.4, 0.5) is 0 Å². The second kappa shape index (κ2) is 9.95. The van der Waals surface area contributed by atoms with Crippen molar-refractivity contribution < 1.29 is 0 Å². The van der Waals surface area contributed by atoms with Gasteiger partial charge in [0, 0.05) is 10.8 Å². The Hall–Kier alpha value is -5.72. The molecule has 242 valence electrons. The van der Waals surface area contributed by atoms with Gasteiger partial charge >= 0.3 is 0 Å². The standard InChI is InChI=1S/C51H38/c1-50(2)43-23-13-11-17-33(43)35-26-25-31(28-45(35)50)46-36-19-7-9-21-38(36)47(39-22-10-8-20-37(39)46)48-41-27-30-15-5-6-16-32(30)40(41)29-42-34-18-12-14-24-44(34)51(3,4)49(42)48/h5-26,28-29H,27H2,1-4H3. The van der Waals surface area contributed by atoms with Gasteiger partial charge < -0.3 is 0 Å². The fourth-order valence-electron chi connectivity index (χ4n) is 10.4. The summed E-state index contributed by atoms with van der Waals surface area (Å²) in [6, 6.07) is 55.4. The first-order chi connectivity index (χ1) is 24.8. The third kappa shape index (κ3) is 3.70. The van der Waals surface area contributed by atoms with E-state index in [1.165, 1.54) is 111 Å². The van der Waals surface area contributed by atoms with Crippen molar-refractivity contribution in [1.29, 1.82) is 0 Å². The summed E-state index contributed by atoms with van der Waals surface area (Å²) < 4.78 is 0. The van der Waals surface area contributed by atoms with Gasteiger partial charge in [-0.05, 0) is 129 Å². The van der Waals surface area contributed by atoms with Gasteiger partial charge in [-0.1, -0.05) is 161 Å². The molecule has 8 aromatic carbocycles. The predicted molar refractivity (Wildman–Crippen MR) is 216 cm³/mol. The van der Waals surface area contributed by atoms with Crippen molar-refractivity contribution in [2.45, 2.75) is 44.9 Å². The van der Waals surface area contributed by atoms with Crippen LogP contribution in [-0.2, 0) is 17.3 Å². The Morgan fingerprint density at radius 3 is 1.55 bits per heavy atom. The van der Waals surface area contributed by atoms with Gasteiger partial charge in [-0.25, -0.2) is 0 Å². The molecule has 0 amide bonds. The van der Waals surface area contributed by atoms with Crippen LogP contribution in [0.1, 0.15) is 61.1 Å². The smallest absolute Gasteiger partial charge is 0.0165 e. The van der Waals surface area contributed by atoms with E-state index in [2.05, 4.69) is 173 Å². The summed E-state index contributed by atoms with van der Waals surface area (Å²) in [7, 11) is 0. The highest BCUT2D eigenvalue weighted by atomic mass is 14.4. The Morgan fingerprint density at radius 2 is 0.882 bits per heavy atom. The predicted octanol–water partition coefficient (Wildman–Crippen LogP) is 13.5. The Labute approximate surface area is 300 Å². The first-order valence-corrected chi connectivity index (χ1v) is 18.4. The lowest BCUT2D eigenvalue weighted by atomic mass is 9.74. The second-order valence-corrected chi connectivity index (χ2v) is 16.0. The van der Waals surface area contributed by atoms with Crippen molar-refractivity contribution in [3.63, 3.8) is 0 Å². The molecule has 0 heteroatoms. The maximum Gasteiger partial charge on any atom is 0.0165 e. The minimum Gasteiger partial charge on any atom is -0.0619 e. The quantitative estimate of drug-likeness (QED) is 0.163. The normalized spacial score (nSPS) is 15.3. The van der Waals surface area contributed by atoms with Crippen molar-refractivity contribution in [2.75, 3.05) is 0 Å². The molecule has 0 N–H and O–H groups in total. The van der Waals surface area contributed by atoms with E-state index in [4.69, 9.17) is 0 Å². The topological polar surface area (TPSA) is 0 Å². The van der Waals surface area contributed by atoms with Gasteiger partial charge in [-0.15, -0.1) is 0 Å². The van der Waals surface area contributed by atoms with Gasteiger partial charge in [0.1, 0.15) is 0 Å². The van der Waals surface area contributed by atoms with Crippen LogP contribution in [0.5, 0.6) is 0 Å². The van der Waals surface area contributed by atoms with E-state index in [-0.39, 0.29) is 10.8 Å². The van der Waals surface area contributed by atoms with Crippen LogP contribution in [-0.4, -0.2) is 0 Å². The molecule has 0 saturated heterocycles. The number of hydrogen-bond acceptors (Lipinski definition) is 0. The molecule has 0 spiro atoms. The molecule has 0 fully saturated rings. The Kier molecular flexibility index (Phi) is 5.67. The minimum absolute atomic E-state index is 0.0613. The molecule has 0 bridgehead atoms. The molecule has 11 rings (SSSR count). The lowest BCUT2D eigenvalue weighted by molar-refractivity contribution is 0.660. The van der Waals surface area contributed by atoms with Gasteiger partial charge in [0.25, 0.3) is 0 Å². The van der Waals surface area contributed by atoms with Crippen LogP contribution in [0.15, 0.2) is 146 Å². The minimum atomic E-state index is -0.146. The van der Waals surface area contributed by atoms with Crippen LogP contribution < -0.4 is 0 Å². The SMILES string of the molecule is CC1(C)c2ccccc2-c2ccc(-c3c4ccccc4c(-c4c5c(cc6c4C(C)(C)c4ccccc4-6)-c4ccccc4C5)c4ccccc34)cc21. The second-order valence-electron chi connectivity index (χ2n) is 16.0. The van der Waals surface area contributed by atoms with Crippen molar-refractivity contribution in [3.8, 4) is 55.6 Å². The molecule has 0 radical (unpaired) electrons. The van der Waals surface area contributed by atoms with E-state index in [0.29, 0.717) is 0 Å². The van der Waals surface area contributed by atoms with E-state index >= 15 is 0 Å². The van der Waals surface area contributed by atoms with Crippen LogP contribution in [0, 0.1) is 0 Å². The molecule has 8 aromatic rings. The average Bonchev–Trinajstić information content (AvgIpc) is 3.73. The molecule has 0 nitrogen and oxygen atoms in total. The first kappa shape index (κ1) is 29.1. The molecular formula is C51H38. The number of fused-ring (bicyclic) bond motifs is 11. The van der Waals surface area contributed by atoms with Gasteiger partial charge in [-0.2, -0.15) is 0 Å². The van der Waals surface area contributed by atoms with E-state index in [1.807, 2.05) is 0 Å². The van der Waals surface area contributed by atoms with Gasteiger partial charge in [0.05, 0.1) is 0 Å². The summed E-state index contributed by atoms with van der Waals surface area (Å²) in [6.45, 7) is 9.65. The number of rotatable bonds is 2. The largest absolute Gasteiger partial charge is 0.0619 e. The monoisotopic (exact) mass is 650 g/mol. The van der Waals surface area contributed by atoms with Crippen molar-refractivity contribution in [3.05, 3.63) is 179 Å². The third-order valence-corrected chi connectivity index (χ3v) is 12.7. The molecule has 0 aromatic heterocycles. The third-order valence-electron chi connectivity index (χ3n) is 12.7. The highest BCUT2D eigenvalue weighted by Gasteiger charge is 2.41. The lowest BCUT2D eigenvalue weighted by Crippen LogP contribution is -2.17. The number of hydrogen-bond donors (Lipinski definition) is 0. The van der Waals surface area contributed by atoms with E-state index in [0.717, 1.165) is 6.42 Å². The van der Waals surface area contributed by atoms with Gasteiger partial charge in [-0.3, -0.25) is 0 Å². The zero-order chi connectivity index (χ0) is 34.2. The first-order valence-electron chi connectivity index (χ1n) is 18.4. The molecule has 0 saturated carbocycles. The van der Waals surface area contributed by atoms with Crippen LogP contribution >= 0.6 is 0 Å². The molecule has 3 aliphatic rings. The molecule has 51 heavy (non-hydrogen) atoms. The summed E-state index contributed by atoms with van der Waals surface area (Å²) >= 11 is 0. The Bertz CT molecular complexity index is 2770. The van der Waals surface area contributed by atoms with Crippen LogP contribution in [0.3, 0.4) is 0 Å². The van der Waals surface area contributed by atoms with Crippen LogP contribution in [0.2, 0.25) is 0 Å². The molecule has 3 aliphatic carbocycles. The fraction of sp³-hybridized carbons (Fsp3) is 0.137. The summed E-state index contributed by atoms with van der Waals surface area (Å²) in [6.07, 6.45) is 0.950. The summed E-state index contributed by atoms with van der Waals surface area (Å²) in [5.41, 5.74) is 22.1. The maximum absolute atomic E-state index is 2.52. The van der Waals surface area contributed by atoms with E-state index in [9.17, 15) is 0 Å². The molecule has 0 heterocycles. The summed E-state index contributed by atoms with van der Waals surface area (Å²) in [5, 5.41) is 5.28. The van der Waals surface area contributed by atoms with Gasteiger partial charge in [0.2, 0.25) is 0 Å². The molecular weight excluding hydrogens is 613 g/mol. The van der Waals surface area contributed by atoms with Crippen molar-refractivity contribution >= 4 is 21.5 Å². The molecule has 0 aliphatic heterocycles. The fourth-order valence-corrected chi connectivity index (χ4v) is 10.4. The van der Waals surface area contributed by atoms with Crippen LogP contribution in [0.25, 0.3) is 77.2 Å². The van der Waals surface area contributed by atoms with E-state index in [1.54, 1.807) is 0 Å².